The molecule has 0 bridgehead atoms. The molecule has 1 aliphatic heterocycles. The van der Waals surface area contributed by atoms with Crippen molar-refractivity contribution in [3.8, 4) is 11.5 Å². The van der Waals surface area contributed by atoms with Crippen LogP contribution in [0, 0.1) is 0 Å². The Morgan fingerprint density at radius 1 is 1.03 bits per heavy atom. The van der Waals surface area contributed by atoms with Gasteiger partial charge in [0.15, 0.2) is 0 Å². The summed E-state index contributed by atoms with van der Waals surface area (Å²) in [5, 5.41) is 5.68. The predicted molar refractivity (Wildman–Crippen MR) is 123 cm³/mol. The third-order valence-corrected chi connectivity index (χ3v) is 5.67. The van der Waals surface area contributed by atoms with Gasteiger partial charge < -0.3 is 9.64 Å². The first-order chi connectivity index (χ1) is 16.0. The zero-order valence-corrected chi connectivity index (χ0v) is 18.9. The Morgan fingerprint density at radius 3 is 2.24 bits per heavy atom. The number of anilines is 1. The molecule has 34 heavy (non-hydrogen) atoms. The summed E-state index contributed by atoms with van der Waals surface area (Å²) < 4.78 is 70.9. The van der Waals surface area contributed by atoms with E-state index >= 15 is 0 Å². The largest absolute Gasteiger partial charge is 0.457 e. The van der Waals surface area contributed by atoms with Gasteiger partial charge in [0.1, 0.15) is 11.5 Å². The van der Waals surface area contributed by atoms with Crippen molar-refractivity contribution in [2.45, 2.75) is 12.2 Å². The number of hydrogen-bond donors (Lipinski definition) is 2. The van der Waals surface area contributed by atoms with Crippen LogP contribution in [0.4, 0.5) is 18.9 Å². The number of guanidine groups is 1. The number of aliphatic imine (C=N–C) groups is 1. The second kappa shape index (κ2) is 9.16. The van der Waals surface area contributed by atoms with Gasteiger partial charge in [-0.3, -0.25) is 0 Å². The van der Waals surface area contributed by atoms with E-state index in [2.05, 4.69) is 9.71 Å². The maximum Gasteiger partial charge on any atom is 0.416 e. The Labute approximate surface area is 198 Å². The van der Waals surface area contributed by atoms with Gasteiger partial charge in [-0.1, -0.05) is 23.7 Å². The number of nitrogens with two attached hydrogens (primary N) is 1. The molecule has 7 nitrogen and oxygen atoms in total. The van der Waals surface area contributed by atoms with E-state index in [0.29, 0.717) is 27.8 Å². The van der Waals surface area contributed by atoms with Crippen LogP contribution in [0.15, 0.2) is 77.8 Å². The lowest BCUT2D eigenvalue weighted by atomic mass is 10.0. The van der Waals surface area contributed by atoms with E-state index in [1.54, 1.807) is 48.5 Å². The molecule has 4 rings (SSSR count). The fourth-order valence-corrected chi connectivity index (χ4v) is 4.02. The fraction of sp³-hybridized carbons (Fsp3) is 0.136. The van der Waals surface area contributed by atoms with Crippen molar-refractivity contribution in [1.29, 1.82) is 0 Å². The molecule has 0 radical (unpaired) electrons. The van der Waals surface area contributed by atoms with E-state index < -0.39 is 28.0 Å². The Bertz CT molecular complexity index is 1310. The molecule has 0 saturated heterocycles. The predicted octanol–water partition coefficient (Wildman–Crippen LogP) is 4.86. The highest BCUT2D eigenvalue weighted by Gasteiger charge is 2.35. The van der Waals surface area contributed by atoms with Gasteiger partial charge in [0.05, 0.1) is 18.2 Å². The molecule has 0 saturated carbocycles. The number of nitrogens with one attached hydrogen (secondary N) is 1. The number of alkyl halides is 3. The van der Waals surface area contributed by atoms with Gasteiger partial charge in [-0.25, -0.2) is 14.9 Å². The van der Waals surface area contributed by atoms with Gasteiger partial charge in [-0.2, -0.15) is 21.6 Å². The van der Waals surface area contributed by atoms with E-state index in [1.165, 1.54) is 17.0 Å². The highest BCUT2D eigenvalue weighted by molar-refractivity contribution is 7.87. The maximum absolute atomic E-state index is 13.2. The summed E-state index contributed by atoms with van der Waals surface area (Å²) in [6.07, 6.45) is -4.53. The number of rotatable bonds is 5. The smallest absolute Gasteiger partial charge is 0.416 e. The van der Waals surface area contributed by atoms with Crippen LogP contribution in [-0.2, 0) is 16.4 Å². The van der Waals surface area contributed by atoms with Crippen molar-refractivity contribution in [1.82, 2.24) is 4.72 Å². The van der Waals surface area contributed by atoms with Crippen molar-refractivity contribution < 1.29 is 26.3 Å². The minimum Gasteiger partial charge on any atom is -0.457 e. The lowest BCUT2D eigenvalue weighted by Gasteiger charge is -2.28. The molecule has 3 N–H and O–H groups in total. The summed E-state index contributed by atoms with van der Waals surface area (Å²) in [6, 6.07) is 17.4. The van der Waals surface area contributed by atoms with Gasteiger partial charge in [0.25, 0.3) is 10.2 Å². The van der Waals surface area contributed by atoms with Crippen LogP contribution >= 0.6 is 11.6 Å². The molecular formula is C22H18ClF3N4O3S. The van der Waals surface area contributed by atoms with E-state index in [0.717, 1.165) is 12.1 Å². The highest BCUT2D eigenvalue weighted by Crippen LogP contribution is 2.36. The van der Waals surface area contributed by atoms with Gasteiger partial charge in [0, 0.05) is 10.7 Å². The lowest BCUT2D eigenvalue weighted by molar-refractivity contribution is -0.137. The van der Waals surface area contributed by atoms with Crippen molar-refractivity contribution >= 4 is 33.5 Å². The molecular weight excluding hydrogens is 493 g/mol. The molecule has 1 aliphatic rings. The third kappa shape index (κ3) is 5.61. The number of ether oxygens (including phenoxy) is 1. The molecule has 0 fully saturated rings. The summed E-state index contributed by atoms with van der Waals surface area (Å²) >= 11 is 5.87. The van der Waals surface area contributed by atoms with Crippen molar-refractivity contribution in [3.63, 3.8) is 0 Å². The summed E-state index contributed by atoms with van der Waals surface area (Å²) in [5.41, 5.74) is -0.0333. The molecule has 3 aromatic carbocycles. The third-order valence-electron chi connectivity index (χ3n) is 4.95. The average molecular weight is 511 g/mol. The summed E-state index contributed by atoms with van der Waals surface area (Å²) in [5.74, 6) is 0.938. The standard InChI is InChI=1S/C22H18ClF3N4O3S/c23-16-4-8-18(9-5-16)33-19-10-6-17(7-11-19)30-20(13-28-21(30)29-34(27,31)32)14-2-1-3-15(12-14)22(24,25)26/h1-12,20H,13H2,(H,28,29)(H2,27,31,32)/t20-/m1/s1. The Kier molecular flexibility index (Phi) is 6.43. The molecule has 178 valence electrons. The monoisotopic (exact) mass is 510 g/mol. The molecule has 0 aromatic heterocycles. The Morgan fingerprint density at radius 2 is 1.65 bits per heavy atom. The molecule has 0 unspecified atom stereocenters. The Balaban J connectivity index is 1.65. The zero-order valence-electron chi connectivity index (χ0n) is 17.3. The highest BCUT2D eigenvalue weighted by atomic mass is 35.5. The van der Waals surface area contributed by atoms with Gasteiger partial charge in [-0.05, 0) is 66.2 Å². The minimum atomic E-state index is -4.53. The topological polar surface area (TPSA) is 97.0 Å². The molecule has 12 heteroatoms. The van der Waals surface area contributed by atoms with Crippen LogP contribution < -0.4 is 19.5 Å². The maximum atomic E-state index is 13.2. The molecule has 0 spiro atoms. The molecule has 1 heterocycles. The summed E-state index contributed by atoms with van der Waals surface area (Å²) in [4.78, 5) is 5.65. The van der Waals surface area contributed by atoms with Gasteiger partial charge in [-0.15, -0.1) is 0 Å². The lowest BCUT2D eigenvalue weighted by Crippen LogP contribution is -2.45. The number of hydrogen-bond acceptors (Lipinski definition) is 5. The normalized spacial score (nSPS) is 16.3. The first kappa shape index (κ1) is 23.9. The first-order valence-corrected chi connectivity index (χ1v) is 11.8. The van der Waals surface area contributed by atoms with E-state index in [9.17, 15) is 21.6 Å². The number of benzene rings is 3. The second-order valence-electron chi connectivity index (χ2n) is 7.37. The minimum absolute atomic E-state index is 0.0161. The second-order valence-corrected chi connectivity index (χ2v) is 9.10. The van der Waals surface area contributed by atoms with Crippen LogP contribution in [0.25, 0.3) is 0 Å². The van der Waals surface area contributed by atoms with Crippen molar-refractivity contribution in [2.75, 3.05) is 11.4 Å². The average Bonchev–Trinajstić information content (AvgIpc) is 3.17. The van der Waals surface area contributed by atoms with E-state index in [4.69, 9.17) is 21.5 Å². The van der Waals surface area contributed by atoms with Crippen LogP contribution in [0.2, 0.25) is 5.02 Å². The summed E-state index contributed by atoms with van der Waals surface area (Å²) in [6.45, 7) is 0.0161. The van der Waals surface area contributed by atoms with Gasteiger partial charge >= 0.3 is 6.18 Å². The zero-order chi connectivity index (χ0) is 24.5. The molecule has 3 aromatic rings. The van der Waals surface area contributed by atoms with E-state index in [1.807, 2.05) is 0 Å². The van der Waals surface area contributed by atoms with E-state index in [-0.39, 0.29) is 12.5 Å². The van der Waals surface area contributed by atoms with Crippen LogP contribution in [0.5, 0.6) is 11.5 Å². The SMILES string of the molecule is NS(=O)(=O)NC1=NC[C@H](c2cccc(C(F)(F)F)c2)N1c1ccc(Oc2ccc(Cl)cc2)cc1. The molecule has 0 amide bonds. The summed E-state index contributed by atoms with van der Waals surface area (Å²) in [7, 11) is -4.18. The van der Waals surface area contributed by atoms with Crippen molar-refractivity contribution in [3.05, 3.63) is 88.9 Å². The van der Waals surface area contributed by atoms with Crippen molar-refractivity contribution in [2.24, 2.45) is 10.1 Å². The quantitative estimate of drug-likeness (QED) is 0.512. The molecule has 1 atom stereocenters. The fourth-order valence-electron chi connectivity index (χ4n) is 3.48. The van der Waals surface area contributed by atoms with Crippen LogP contribution in [0.1, 0.15) is 17.2 Å². The number of nitrogens with zero attached hydrogens (tertiary/aromatic N) is 2. The van der Waals surface area contributed by atoms with Crippen LogP contribution in [0.3, 0.4) is 0 Å². The first-order valence-electron chi connectivity index (χ1n) is 9.84. The van der Waals surface area contributed by atoms with Crippen LogP contribution in [-0.4, -0.2) is 20.9 Å². The number of halogens is 4. The van der Waals surface area contributed by atoms with Gasteiger partial charge in [0.2, 0.25) is 5.96 Å². The molecule has 0 aliphatic carbocycles. The Hall–Kier alpha value is -3.28.